The SMILES string of the molecule is CC1(c2ccc(C3CC3)cc2)CCCN1. The Morgan fingerprint density at radius 2 is 1.93 bits per heavy atom. The second kappa shape index (κ2) is 3.34. The molecule has 0 spiro atoms. The Hall–Kier alpha value is -0.820. The lowest BCUT2D eigenvalue weighted by Gasteiger charge is -2.25. The standard InChI is InChI=1S/C14H19N/c1-14(9-2-10-15-14)13-7-5-12(6-8-13)11-3-4-11/h5-8,11,15H,2-4,9-10H2,1H3. The topological polar surface area (TPSA) is 12.0 Å². The quantitative estimate of drug-likeness (QED) is 0.775. The molecule has 1 aromatic rings. The largest absolute Gasteiger partial charge is 0.308 e. The van der Waals surface area contributed by atoms with Crippen molar-refractivity contribution in [2.75, 3.05) is 6.54 Å². The highest BCUT2D eigenvalue weighted by Crippen LogP contribution is 2.40. The molecule has 15 heavy (non-hydrogen) atoms. The monoisotopic (exact) mass is 201 g/mol. The molecule has 1 saturated carbocycles. The number of hydrogen-bond donors (Lipinski definition) is 1. The first-order valence-corrected chi connectivity index (χ1v) is 6.13. The maximum atomic E-state index is 3.61. The van der Waals surface area contributed by atoms with E-state index in [4.69, 9.17) is 0 Å². The molecule has 0 bridgehead atoms. The molecular formula is C14H19N. The molecule has 2 fully saturated rings. The molecule has 1 aromatic carbocycles. The van der Waals surface area contributed by atoms with Crippen LogP contribution in [-0.2, 0) is 5.54 Å². The second-order valence-electron chi connectivity index (χ2n) is 5.26. The Morgan fingerprint density at radius 3 is 2.47 bits per heavy atom. The third-order valence-electron chi connectivity index (χ3n) is 3.97. The molecule has 1 aliphatic heterocycles. The molecule has 1 heteroatoms. The molecule has 80 valence electrons. The number of hydrogen-bond acceptors (Lipinski definition) is 1. The van der Waals surface area contributed by atoms with Gasteiger partial charge in [-0.05, 0) is 56.2 Å². The van der Waals surface area contributed by atoms with Gasteiger partial charge in [-0.3, -0.25) is 0 Å². The Labute approximate surface area is 91.9 Å². The first-order chi connectivity index (χ1) is 7.28. The van der Waals surface area contributed by atoms with Gasteiger partial charge in [0, 0.05) is 5.54 Å². The van der Waals surface area contributed by atoms with Gasteiger partial charge in [-0.15, -0.1) is 0 Å². The van der Waals surface area contributed by atoms with E-state index in [1.807, 2.05) is 0 Å². The minimum absolute atomic E-state index is 0.238. The van der Waals surface area contributed by atoms with Gasteiger partial charge in [0.15, 0.2) is 0 Å². The first-order valence-electron chi connectivity index (χ1n) is 6.13. The van der Waals surface area contributed by atoms with Crippen molar-refractivity contribution in [1.82, 2.24) is 5.32 Å². The average Bonchev–Trinajstić information content (AvgIpc) is 3.02. The molecule has 0 amide bonds. The van der Waals surface area contributed by atoms with Crippen LogP contribution in [0.3, 0.4) is 0 Å². The Bertz CT molecular complexity index is 342. The van der Waals surface area contributed by atoms with Crippen LogP contribution in [0, 0.1) is 0 Å². The summed E-state index contributed by atoms with van der Waals surface area (Å²) in [4.78, 5) is 0. The summed E-state index contributed by atoms with van der Waals surface area (Å²) in [6.45, 7) is 3.49. The van der Waals surface area contributed by atoms with Crippen LogP contribution < -0.4 is 5.32 Å². The predicted molar refractivity (Wildman–Crippen MR) is 63.0 cm³/mol. The lowest BCUT2D eigenvalue weighted by atomic mass is 9.89. The molecule has 1 saturated heterocycles. The summed E-state index contributed by atoms with van der Waals surface area (Å²) in [5.41, 5.74) is 3.24. The van der Waals surface area contributed by atoms with Gasteiger partial charge in [0.25, 0.3) is 0 Å². The average molecular weight is 201 g/mol. The van der Waals surface area contributed by atoms with Crippen molar-refractivity contribution < 1.29 is 0 Å². The van der Waals surface area contributed by atoms with Crippen LogP contribution in [0.15, 0.2) is 24.3 Å². The van der Waals surface area contributed by atoms with Gasteiger partial charge in [0.05, 0.1) is 0 Å². The summed E-state index contributed by atoms with van der Waals surface area (Å²) < 4.78 is 0. The van der Waals surface area contributed by atoms with Crippen molar-refractivity contribution in [3.8, 4) is 0 Å². The van der Waals surface area contributed by atoms with E-state index in [0.717, 1.165) is 5.92 Å². The van der Waals surface area contributed by atoms with Crippen LogP contribution in [0.25, 0.3) is 0 Å². The van der Waals surface area contributed by atoms with E-state index in [1.54, 1.807) is 5.56 Å². The van der Waals surface area contributed by atoms with E-state index in [2.05, 4.69) is 36.5 Å². The maximum absolute atomic E-state index is 3.61. The van der Waals surface area contributed by atoms with Gasteiger partial charge in [-0.1, -0.05) is 24.3 Å². The molecular weight excluding hydrogens is 182 g/mol. The Balaban J connectivity index is 1.85. The van der Waals surface area contributed by atoms with Crippen molar-refractivity contribution in [2.24, 2.45) is 0 Å². The molecule has 1 unspecified atom stereocenters. The zero-order valence-electron chi connectivity index (χ0n) is 9.42. The zero-order chi connectivity index (χ0) is 10.3. The van der Waals surface area contributed by atoms with E-state index in [0.29, 0.717) is 0 Å². The zero-order valence-corrected chi connectivity index (χ0v) is 9.42. The van der Waals surface area contributed by atoms with Gasteiger partial charge in [0.2, 0.25) is 0 Å². The normalized spacial score (nSPS) is 30.7. The minimum atomic E-state index is 0.238. The highest BCUT2D eigenvalue weighted by atomic mass is 15.0. The van der Waals surface area contributed by atoms with E-state index in [1.165, 1.54) is 37.8 Å². The predicted octanol–water partition coefficient (Wildman–Crippen LogP) is 3.16. The minimum Gasteiger partial charge on any atom is -0.308 e. The molecule has 3 rings (SSSR count). The fourth-order valence-electron chi connectivity index (χ4n) is 2.68. The molecule has 1 atom stereocenters. The van der Waals surface area contributed by atoms with Crippen LogP contribution >= 0.6 is 0 Å². The van der Waals surface area contributed by atoms with E-state index in [-0.39, 0.29) is 5.54 Å². The van der Waals surface area contributed by atoms with E-state index < -0.39 is 0 Å². The highest BCUT2D eigenvalue weighted by molar-refractivity contribution is 5.32. The van der Waals surface area contributed by atoms with Crippen molar-refractivity contribution in [2.45, 2.75) is 44.1 Å². The summed E-state index contributed by atoms with van der Waals surface area (Å²) >= 11 is 0. The van der Waals surface area contributed by atoms with Crippen molar-refractivity contribution in [3.05, 3.63) is 35.4 Å². The third-order valence-corrected chi connectivity index (χ3v) is 3.97. The Morgan fingerprint density at radius 1 is 1.20 bits per heavy atom. The van der Waals surface area contributed by atoms with Gasteiger partial charge >= 0.3 is 0 Å². The molecule has 1 aliphatic carbocycles. The number of benzene rings is 1. The molecule has 1 nitrogen and oxygen atoms in total. The van der Waals surface area contributed by atoms with Gasteiger partial charge in [-0.25, -0.2) is 0 Å². The lowest BCUT2D eigenvalue weighted by molar-refractivity contribution is 0.434. The number of rotatable bonds is 2. The molecule has 2 aliphatic rings. The van der Waals surface area contributed by atoms with Crippen LogP contribution in [0.5, 0.6) is 0 Å². The fourth-order valence-corrected chi connectivity index (χ4v) is 2.68. The third kappa shape index (κ3) is 1.69. The lowest BCUT2D eigenvalue weighted by Crippen LogP contribution is -2.32. The number of nitrogens with one attached hydrogen (secondary N) is 1. The first kappa shape index (κ1) is 9.41. The van der Waals surface area contributed by atoms with E-state index >= 15 is 0 Å². The summed E-state index contributed by atoms with van der Waals surface area (Å²) in [6, 6.07) is 9.31. The van der Waals surface area contributed by atoms with Crippen molar-refractivity contribution in [3.63, 3.8) is 0 Å². The highest BCUT2D eigenvalue weighted by Gasteiger charge is 2.30. The summed E-state index contributed by atoms with van der Waals surface area (Å²) in [5.74, 6) is 0.878. The summed E-state index contributed by atoms with van der Waals surface area (Å²) in [7, 11) is 0. The van der Waals surface area contributed by atoms with Crippen LogP contribution in [0.2, 0.25) is 0 Å². The molecule has 0 aromatic heterocycles. The Kier molecular flexibility index (Phi) is 2.10. The van der Waals surface area contributed by atoms with Crippen LogP contribution in [0.1, 0.15) is 49.7 Å². The van der Waals surface area contributed by atoms with Crippen LogP contribution in [-0.4, -0.2) is 6.54 Å². The smallest absolute Gasteiger partial charge is 0.0406 e. The molecule has 1 N–H and O–H groups in total. The second-order valence-corrected chi connectivity index (χ2v) is 5.26. The van der Waals surface area contributed by atoms with Gasteiger partial charge < -0.3 is 5.32 Å². The van der Waals surface area contributed by atoms with Crippen molar-refractivity contribution >= 4 is 0 Å². The van der Waals surface area contributed by atoms with Gasteiger partial charge in [-0.2, -0.15) is 0 Å². The summed E-state index contributed by atoms with van der Waals surface area (Å²) in [6.07, 6.45) is 5.38. The fraction of sp³-hybridized carbons (Fsp3) is 0.571. The van der Waals surface area contributed by atoms with Crippen LogP contribution in [0.4, 0.5) is 0 Å². The summed E-state index contributed by atoms with van der Waals surface area (Å²) in [5, 5.41) is 3.61. The van der Waals surface area contributed by atoms with Gasteiger partial charge in [0.1, 0.15) is 0 Å². The molecule has 0 radical (unpaired) electrons. The maximum Gasteiger partial charge on any atom is 0.0406 e. The molecule has 1 heterocycles. The van der Waals surface area contributed by atoms with E-state index in [9.17, 15) is 0 Å². The van der Waals surface area contributed by atoms with Crippen molar-refractivity contribution in [1.29, 1.82) is 0 Å².